The molecule has 3 nitrogen and oxygen atoms in total. The third-order valence-electron chi connectivity index (χ3n) is 3.63. The number of hydrogen-bond acceptors (Lipinski definition) is 4. The van der Waals surface area contributed by atoms with Crippen LogP contribution in [0.5, 0.6) is 0 Å². The largest absolute Gasteiger partial charge is 0.314 e. The molecule has 1 fully saturated rings. The second-order valence-electron chi connectivity index (χ2n) is 5.36. The van der Waals surface area contributed by atoms with E-state index < -0.39 is 0 Å². The van der Waals surface area contributed by atoms with Gasteiger partial charge in [-0.1, -0.05) is 13.8 Å². The van der Waals surface area contributed by atoms with Crippen LogP contribution >= 0.6 is 11.3 Å². The molecule has 0 aliphatic heterocycles. The molecule has 0 amide bonds. The van der Waals surface area contributed by atoms with Gasteiger partial charge in [-0.25, -0.2) is 4.98 Å². The van der Waals surface area contributed by atoms with Gasteiger partial charge in [0.2, 0.25) is 0 Å². The third-order valence-corrected chi connectivity index (χ3v) is 4.26. The smallest absolute Gasteiger partial charge is 0.0795 e. The van der Waals surface area contributed by atoms with Crippen molar-refractivity contribution in [2.24, 2.45) is 5.92 Å². The molecule has 0 spiro atoms. The molecule has 1 heterocycles. The number of nitrogens with zero attached hydrogens (tertiary/aromatic N) is 2. The molecule has 2 rings (SSSR count). The van der Waals surface area contributed by atoms with E-state index in [1.165, 1.54) is 18.5 Å². The molecule has 1 aromatic heterocycles. The number of nitrogens with one attached hydrogen (secondary N) is 1. The van der Waals surface area contributed by atoms with E-state index in [0.717, 1.165) is 25.0 Å². The highest BCUT2D eigenvalue weighted by molar-refractivity contribution is 7.07. The quantitative estimate of drug-likeness (QED) is 0.843. The highest BCUT2D eigenvalue weighted by Gasteiger charge is 2.33. The number of hydrogen-bond donors (Lipinski definition) is 1. The Bertz CT molecular complexity index is 323. The second-order valence-corrected chi connectivity index (χ2v) is 6.08. The van der Waals surface area contributed by atoms with Gasteiger partial charge in [0.25, 0.3) is 0 Å². The van der Waals surface area contributed by atoms with Crippen LogP contribution in [0.15, 0.2) is 10.9 Å². The Morgan fingerprint density at radius 2 is 2.35 bits per heavy atom. The molecule has 17 heavy (non-hydrogen) atoms. The summed E-state index contributed by atoms with van der Waals surface area (Å²) in [6, 6.07) is 1.34. The molecule has 2 atom stereocenters. The Balaban J connectivity index is 1.77. The van der Waals surface area contributed by atoms with Gasteiger partial charge in [0, 0.05) is 24.0 Å². The van der Waals surface area contributed by atoms with Gasteiger partial charge in [-0.05, 0) is 32.4 Å². The summed E-state index contributed by atoms with van der Waals surface area (Å²) >= 11 is 1.68. The SMILES string of the molecule is CC(C)NCC1CCC1N(C)Cc1cscn1. The molecule has 96 valence electrons. The molecular formula is C13H23N3S. The van der Waals surface area contributed by atoms with Gasteiger partial charge in [-0.2, -0.15) is 0 Å². The zero-order valence-corrected chi connectivity index (χ0v) is 11.8. The maximum absolute atomic E-state index is 4.36. The van der Waals surface area contributed by atoms with Crippen molar-refractivity contribution >= 4 is 11.3 Å². The van der Waals surface area contributed by atoms with Gasteiger partial charge in [-0.15, -0.1) is 11.3 Å². The molecule has 1 aliphatic rings. The van der Waals surface area contributed by atoms with E-state index in [0.29, 0.717) is 6.04 Å². The maximum atomic E-state index is 4.36. The lowest BCUT2D eigenvalue weighted by Crippen LogP contribution is -2.49. The molecule has 1 aromatic rings. The fourth-order valence-corrected chi connectivity index (χ4v) is 2.99. The Labute approximate surface area is 108 Å². The first kappa shape index (κ1) is 13.0. The van der Waals surface area contributed by atoms with Gasteiger partial charge >= 0.3 is 0 Å². The minimum atomic E-state index is 0.597. The van der Waals surface area contributed by atoms with Crippen LogP contribution in [0.3, 0.4) is 0 Å². The minimum Gasteiger partial charge on any atom is -0.314 e. The summed E-state index contributed by atoms with van der Waals surface area (Å²) in [4.78, 5) is 6.82. The number of aromatic nitrogens is 1. The zero-order chi connectivity index (χ0) is 12.3. The normalized spacial score (nSPS) is 24.3. The summed E-state index contributed by atoms with van der Waals surface area (Å²) in [6.07, 6.45) is 2.71. The molecule has 0 radical (unpaired) electrons. The molecule has 1 aliphatic carbocycles. The van der Waals surface area contributed by atoms with Crippen LogP contribution in [0.25, 0.3) is 0 Å². The topological polar surface area (TPSA) is 28.2 Å². The number of thiazole rings is 1. The van der Waals surface area contributed by atoms with E-state index >= 15 is 0 Å². The first-order chi connectivity index (χ1) is 8.16. The standard InChI is InChI=1S/C13H23N3S/c1-10(2)14-6-11-4-5-13(11)16(3)7-12-8-17-9-15-12/h8-11,13-14H,4-7H2,1-3H3. The van der Waals surface area contributed by atoms with E-state index in [4.69, 9.17) is 0 Å². The monoisotopic (exact) mass is 253 g/mol. The van der Waals surface area contributed by atoms with Gasteiger partial charge in [0.05, 0.1) is 11.2 Å². The van der Waals surface area contributed by atoms with Gasteiger partial charge in [0.1, 0.15) is 0 Å². The molecule has 1 saturated carbocycles. The van der Waals surface area contributed by atoms with Crippen LogP contribution in [0.1, 0.15) is 32.4 Å². The van der Waals surface area contributed by atoms with Crippen LogP contribution in [0, 0.1) is 5.92 Å². The average Bonchev–Trinajstić information content (AvgIpc) is 2.68. The van der Waals surface area contributed by atoms with Gasteiger partial charge in [0.15, 0.2) is 0 Å². The van der Waals surface area contributed by atoms with Crippen molar-refractivity contribution in [3.05, 3.63) is 16.6 Å². The fraction of sp³-hybridized carbons (Fsp3) is 0.769. The van der Waals surface area contributed by atoms with Crippen LogP contribution in [-0.4, -0.2) is 35.6 Å². The molecule has 4 heteroatoms. The van der Waals surface area contributed by atoms with Crippen molar-refractivity contribution in [2.45, 2.75) is 45.3 Å². The Morgan fingerprint density at radius 3 is 2.88 bits per heavy atom. The summed E-state index contributed by atoms with van der Waals surface area (Å²) in [5.74, 6) is 0.820. The van der Waals surface area contributed by atoms with E-state index in [9.17, 15) is 0 Å². The Hall–Kier alpha value is -0.450. The summed E-state index contributed by atoms with van der Waals surface area (Å²) in [6.45, 7) is 6.58. The fourth-order valence-electron chi connectivity index (χ4n) is 2.45. The summed E-state index contributed by atoms with van der Waals surface area (Å²) in [5.41, 5.74) is 3.13. The second kappa shape index (κ2) is 5.94. The van der Waals surface area contributed by atoms with Crippen molar-refractivity contribution in [3.63, 3.8) is 0 Å². The van der Waals surface area contributed by atoms with E-state index in [1.807, 2.05) is 5.51 Å². The molecule has 2 unspecified atom stereocenters. The van der Waals surface area contributed by atoms with Crippen LogP contribution < -0.4 is 5.32 Å². The van der Waals surface area contributed by atoms with E-state index in [-0.39, 0.29) is 0 Å². The maximum Gasteiger partial charge on any atom is 0.0795 e. The van der Waals surface area contributed by atoms with Crippen molar-refractivity contribution < 1.29 is 0 Å². The van der Waals surface area contributed by atoms with Gasteiger partial charge < -0.3 is 5.32 Å². The van der Waals surface area contributed by atoms with Crippen LogP contribution in [-0.2, 0) is 6.54 Å². The zero-order valence-electron chi connectivity index (χ0n) is 11.0. The molecule has 0 saturated heterocycles. The van der Waals surface area contributed by atoms with E-state index in [2.05, 4.69) is 41.5 Å². The molecule has 1 N–H and O–H groups in total. The molecule has 0 aromatic carbocycles. The minimum absolute atomic E-state index is 0.597. The highest BCUT2D eigenvalue weighted by atomic mass is 32.1. The molecule has 0 bridgehead atoms. The average molecular weight is 253 g/mol. The van der Waals surface area contributed by atoms with Gasteiger partial charge in [-0.3, -0.25) is 4.90 Å². The lowest BCUT2D eigenvalue weighted by molar-refractivity contribution is 0.0760. The summed E-state index contributed by atoms with van der Waals surface area (Å²) in [5, 5.41) is 5.70. The van der Waals surface area contributed by atoms with Crippen molar-refractivity contribution in [2.75, 3.05) is 13.6 Å². The lowest BCUT2D eigenvalue weighted by Gasteiger charge is -2.43. The highest BCUT2D eigenvalue weighted by Crippen LogP contribution is 2.31. The first-order valence-electron chi connectivity index (χ1n) is 6.47. The lowest BCUT2D eigenvalue weighted by atomic mass is 9.78. The van der Waals surface area contributed by atoms with Crippen LogP contribution in [0.2, 0.25) is 0 Å². The number of rotatable bonds is 6. The summed E-state index contributed by atoms with van der Waals surface area (Å²) in [7, 11) is 2.23. The van der Waals surface area contributed by atoms with Crippen molar-refractivity contribution in [1.29, 1.82) is 0 Å². The third kappa shape index (κ3) is 3.50. The van der Waals surface area contributed by atoms with Crippen LogP contribution in [0.4, 0.5) is 0 Å². The predicted octanol–water partition coefficient (Wildman–Crippen LogP) is 2.35. The predicted molar refractivity (Wildman–Crippen MR) is 73.2 cm³/mol. The van der Waals surface area contributed by atoms with Crippen molar-refractivity contribution in [1.82, 2.24) is 15.2 Å². The summed E-state index contributed by atoms with van der Waals surface area (Å²) < 4.78 is 0. The molecular weight excluding hydrogens is 230 g/mol. The Morgan fingerprint density at radius 1 is 1.53 bits per heavy atom. The Kier molecular flexibility index (Phi) is 4.54. The van der Waals surface area contributed by atoms with Crippen molar-refractivity contribution in [3.8, 4) is 0 Å². The van der Waals surface area contributed by atoms with E-state index in [1.54, 1.807) is 11.3 Å². The first-order valence-corrected chi connectivity index (χ1v) is 7.41.